The molecule has 130 valence electrons. The monoisotopic (exact) mass is 344 g/mol. The molecule has 7 nitrogen and oxygen atoms in total. The van der Waals surface area contributed by atoms with Crippen LogP contribution < -0.4 is 14.4 Å². The molecule has 0 spiro atoms. The van der Waals surface area contributed by atoms with Crippen molar-refractivity contribution in [1.29, 1.82) is 0 Å². The molecular weight excluding hydrogens is 320 g/mol. The van der Waals surface area contributed by atoms with Crippen LogP contribution in [0, 0.1) is 6.92 Å². The molecule has 0 heterocycles. The molecule has 0 aliphatic carbocycles. The highest BCUT2D eigenvalue weighted by atomic mass is 32.2. The van der Waals surface area contributed by atoms with Crippen LogP contribution in [-0.4, -0.2) is 54.0 Å². The van der Waals surface area contributed by atoms with E-state index in [-0.39, 0.29) is 12.6 Å². The molecule has 8 heteroatoms. The molecule has 1 aromatic carbocycles. The van der Waals surface area contributed by atoms with Gasteiger partial charge in [-0.1, -0.05) is 6.07 Å². The lowest BCUT2D eigenvalue weighted by Crippen LogP contribution is -2.44. The number of nitrogens with one attached hydrogen (secondary N) is 1. The van der Waals surface area contributed by atoms with Crippen LogP contribution in [0.15, 0.2) is 18.2 Å². The standard InChI is InChI=1S/C15H24N2O5S/c1-11-6-7-14(22-4)13(8-11)17(23(5,19)20)9-15(18)16-12(2)10-21-3/h6-8,12H,9-10H2,1-5H3,(H,16,18)/t12-/m0/s1. The van der Waals surface area contributed by atoms with Crippen LogP contribution in [0.5, 0.6) is 5.75 Å². The second-order valence-corrected chi connectivity index (χ2v) is 7.28. The predicted molar refractivity (Wildman–Crippen MR) is 89.4 cm³/mol. The average molecular weight is 344 g/mol. The van der Waals surface area contributed by atoms with Gasteiger partial charge in [0.05, 0.1) is 25.7 Å². The first kappa shape index (κ1) is 19.2. The van der Waals surface area contributed by atoms with Crippen molar-refractivity contribution in [3.63, 3.8) is 0 Å². The first-order valence-electron chi connectivity index (χ1n) is 7.09. The van der Waals surface area contributed by atoms with Gasteiger partial charge in [0.2, 0.25) is 15.9 Å². The average Bonchev–Trinajstić information content (AvgIpc) is 2.43. The van der Waals surface area contributed by atoms with Crippen molar-refractivity contribution in [3.05, 3.63) is 23.8 Å². The van der Waals surface area contributed by atoms with Gasteiger partial charge in [-0.2, -0.15) is 0 Å². The zero-order valence-electron chi connectivity index (χ0n) is 14.1. The minimum atomic E-state index is -3.65. The SMILES string of the molecule is COC[C@H](C)NC(=O)CN(c1cc(C)ccc1OC)S(C)(=O)=O. The molecule has 0 radical (unpaired) electrons. The highest BCUT2D eigenvalue weighted by molar-refractivity contribution is 7.92. The summed E-state index contributed by atoms with van der Waals surface area (Å²) in [5, 5.41) is 2.69. The van der Waals surface area contributed by atoms with Crippen molar-refractivity contribution in [2.24, 2.45) is 0 Å². The van der Waals surface area contributed by atoms with Gasteiger partial charge in [0.25, 0.3) is 0 Å². The molecule has 0 aromatic heterocycles. The van der Waals surface area contributed by atoms with Crippen LogP contribution in [0.4, 0.5) is 5.69 Å². The number of ether oxygens (including phenoxy) is 2. The Balaban J connectivity index is 3.08. The molecule has 0 bridgehead atoms. The Bertz CT molecular complexity index is 645. The fourth-order valence-corrected chi connectivity index (χ4v) is 2.97. The van der Waals surface area contributed by atoms with Gasteiger partial charge >= 0.3 is 0 Å². The van der Waals surface area contributed by atoms with E-state index in [4.69, 9.17) is 9.47 Å². The van der Waals surface area contributed by atoms with Crippen LogP contribution in [0.2, 0.25) is 0 Å². The Kier molecular flexibility index (Phi) is 6.83. The normalized spacial score (nSPS) is 12.6. The summed E-state index contributed by atoms with van der Waals surface area (Å²) in [6.07, 6.45) is 1.06. The highest BCUT2D eigenvalue weighted by Gasteiger charge is 2.24. The van der Waals surface area contributed by atoms with E-state index in [2.05, 4.69) is 5.32 Å². The molecule has 0 aliphatic heterocycles. The van der Waals surface area contributed by atoms with E-state index in [0.717, 1.165) is 16.1 Å². The summed E-state index contributed by atoms with van der Waals surface area (Å²) in [5.41, 5.74) is 1.20. The molecule has 0 unspecified atom stereocenters. The summed E-state index contributed by atoms with van der Waals surface area (Å²) < 4.78 is 35.5. The van der Waals surface area contributed by atoms with Crippen molar-refractivity contribution in [2.45, 2.75) is 19.9 Å². The maximum atomic E-state index is 12.1. The number of nitrogens with zero attached hydrogens (tertiary/aromatic N) is 1. The van der Waals surface area contributed by atoms with Crippen molar-refractivity contribution in [2.75, 3.05) is 37.9 Å². The number of amides is 1. The largest absolute Gasteiger partial charge is 0.495 e. The van der Waals surface area contributed by atoms with Gasteiger partial charge in [-0.3, -0.25) is 9.10 Å². The van der Waals surface area contributed by atoms with E-state index < -0.39 is 15.9 Å². The molecule has 1 aromatic rings. The van der Waals surface area contributed by atoms with E-state index in [1.165, 1.54) is 14.2 Å². The molecule has 1 rings (SSSR count). The molecule has 0 saturated carbocycles. The van der Waals surface area contributed by atoms with Gasteiger partial charge in [0, 0.05) is 13.2 Å². The summed E-state index contributed by atoms with van der Waals surface area (Å²) >= 11 is 0. The number of benzene rings is 1. The van der Waals surface area contributed by atoms with Gasteiger partial charge in [-0.15, -0.1) is 0 Å². The minimum Gasteiger partial charge on any atom is -0.495 e. The molecule has 1 N–H and O–H groups in total. The summed E-state index contributed by atoms with van der Waals surface area (Å²) in [6.45, 7) is 3.63. The lowest BCUT2D eigenvalue weighted by atomic mass is 10.2. The highest BCUT2D eigenvalue weighted by Crippen LogP contribution is 2.30. The van der Waals surface area contributed by atoms with Crippen molar-refractivity contribution in [3.8, 4) is 5.75 Å². The second kappa shape index (κ2) is 8.16. The topological polar surface area (TPSA) is 84.9 Å². The van der Waals surface area contributed by atoms with Crippen LogP contribution in [0.3, 0.4) is 0 Å². The Morgan fingerprint density at radius 2 is 2.00 bits per heavy atom. The molecular formula is C15H24N2O5S. The molecule has 0 fully saturated rings. The number of anilines is 1. The molecule has 1 atom stereocenters. The number of rotatable bonds is 8. The van der Waals surface area contributed by atoms with E-state index >= 15 is 0 Å². The third kappa shape index (κ3) is 5.72. The van der Waals surface area contributed by atoms with E-state index in [1.54, 1.807) is 19.1 Å². The lowest BCUT2D eigenvalue weighted by Gasteiger charge is -2.25. The Morgan fingerprint density at radius 3 is 2.52 bits per heavy atom. The number of carbonyl (C=O) groups is 1. The third-order valence-electron chi connectivity index (χ3n) is 3.11. The number of hydrogen-bond acceptors (Lipinski definition) is 5. The Labute approximate surface area is 137 Å². The fourth-order valence-electron chi connectivity index (χ4n) is 2.12. The number of hydrogen-bond donors (Lipinski definition) is 1. The number of sulfonamides is 1. The first-order chi connectivity index (χ1) is 10.7. The lowest BCUT2D eigenvalue weighted by molar-refractivity contribution is -0.120. The van der Waals surface area contributed by atoms with Crippen LogP contribution >= 0.6 is 0 Å². The minimum absolute atomic E-state index is 0.215. The van der Waals surface area contributed by atoms with Crippen molar-refractivity contribution in [1.82, 2.24) is 5.32 Å². The number of aryl methyl sites for hydroxylation is 1. The fraction of sp³-hybridized carbons (Fsp3) is 0.533. The summed E-state index contributed by atoms with van der Waals surface area (Å²) in [5.74, 6) is -0.0256. The van der Waals surface area contributed by atoms with Crippen LogP contribution in [0.25, 0.3) is 0 Å². The number of carbonyl (C=O) groups excluding carboxylic acids is 1. The first-order valence-corrected chi connectivity index (χ1v) is 8.94. The zero-order valence-corrected chi connectivity index (χ0v) is 14.9. The summed E-state index contributed by atoms with van der Waals surface area (Å²) in [6, 6.07) is 4.94. The van der Waals surface area contributed by atoms with Crippen molar-refractivity contribution < 1.29 is 22.7 Å². The van der Waals surface area contributed by atoms with Gasteiger partial charge in [0.1, 0.15) is 12.3 Å². The van der Waals surface area contributed by atoms with E-state index in [1.807, 2.05) is 13.0 Å². The predicted octanol–water partition coefficient (Wildman–Crippen LogP) is 0.921. The van der Waals surface area contributed by atoms with E-state index in [9.17, 15) is 13.2 Å². The third-order valence-corrected chi connectivity index (χ3v) is 4.24. The van der Waals surface area contributed by atoms with Crippen LogP contribution in [-0.2, 0) is 19.6 Å². The quantitative estimate of drug-likeness (QED) is 0.758. The molecule has 0 saturated heterocycles. The molecule has 23 heavy (non-hydrogen) atoms. The molecule has 1 amide bonds. The summed E-state index contributed by atoms with van der Waals surface area (Å²) in [7, 11) is -0.665. The van der Waals surface area contributed by atoms with Gasteiger partial charge in [0.15, 0.2) is 0 Å². The number of methoxy groups -OCH3 is 2. The smallest absolute Gasteiger partial charge is 0.241 e. The summed E-state index contributed by atoms with van der Waals surface area (Å²) in [4.78, 5) is 12.1. The molecule has 0 aliphatic rings. The Hall–Kier alpha value is -1.80. The van der Waals surface area contributed by atoms with Crippen LogP contribution in [0.1, 0.15) is 12.5 Å². The van der Waals surface area contributed by atoms with Crippen molar-refractivity contribution >= 4 is 21.6 Å². The zero-order chi connectivity index (χ0) is 17.6. The van der Waals surface area contributed by atoms with Gasteiger partial charge in [-0.25, -0.2) is 8.42 Å². The van der Waals surface area contributed by atoms with Gasteiger partial charge < -0.3 is 14.8 Å². The second-order valence-electron chi connectivity index (χ2n) is 5.37. The maximum absolute atomic E-state index is 12.1. The Morgan fingerprint density at radius 1 is 1.35 bits per heavy atom. The van der Waals surface area contributed by atoms with Gasteiger partial charge in [-0.05, 0) is 31.5 Å². The van der Waals surface area contributed by atoms with E-state index in [0.29, 0.717) is 18.0 Å². The maximum Gasteiger partial charge on any atom is 0.241 e.